The molecule has 0 amide bonds. The lowest BCUT2D eigenvalue weighted by Crippen LogP contribution is -2.21. The molecule has 0 aromatic heterocycles. The van der Waals surface area contributed by atoms with Crippen LogP contribution in [0, 0.1) is 5.41 Å². The predicted molar refractivity (Wildman–Crippen MR) is 155 cm³/mol. The Balaban J connectivity index is 1.58. The highest BCUT2D eigenvalue weighted by molar-refractivity contribution is 5.98. The van der Waals surface area contributed by atoms with Gasteiger partial charge in [-0.1, -0.05) is 73.3 Å². The van der Waals surface area contributed by atoms with E-state index in [1.807, 2.05) is 36.4 Å². The van der Waals surface area contributed by atoms with Crippen molar-refractivity contribution < 1.29 is 0 Å². The van der Waals surface area contributed by atoms with Crippen molar-refractivity contribution in [3.63, 3.8) is 0 Å². The van der Waals surface area contributed by atoms with Crippen LogP contribution in [-0.4, -0.2) is 5.84 Å². The molecule has 0 aliphatic carbocycles. The van der Waals surface area contributed by atoms with Gasteiger partial charge in [-0.15, -0.1) is 0 Å². The molecule has 178 valence electrons. The van der Waals surface area contributed by atoms with E-state index in [0.29, 0.717) is 5.56 Å². The number of nitrogens with two attached hydrogens (primary N) is 1. The Morgan fingerprint density at radius 2 is 1.35 bits per heavy atom. The number of hydrogen-bond acceptors (Lipinski definition) is 3. The number of benzene rings is 4. The molecule has 2 aliphatic rings. The van der Waals surface area contributed by atoms with Gasteiger partial charge in [-0.05, 0) is 60.2 Å². The summed E-state index contributed by atoms with van der Waals surface area (Å²) in [5.41, 5.74) is 15.8. The van der Waals surface area contributed by atoms with E-state index in [0.717, 1.165) is 50.7 Å². The average molecular weight is 479 g/mol. The first kappa shape index (κ1) is 22.4. The zero-order valence-corrected chi connectivity index (χ0v) is 20.3. The second-order valence-electron chi connectivity index (χ2n) is 9.01. The summed E-state index contributed by atoms with van der Waals surface area (Å²) < 4.78 is 0. The maximum atomic E-state index is 7.75. The van der Waals surface area contributed by atoms with Crippen LogP contribution in [0.3, 0.4) is 0 Å². The molecule has 0 bridgehead atoms. The van der Waals surface area contributed by atoms with Crippen molar-refractivity contribution in [3.05, 3.63) is 156 Å². The molecule has 6 rings (SSSR count). The number of hydrogen-bond donors (Lipinski definition) is 2. The minimum absolute atomic E-state index is 0.0579. The first-order chi connectivity index (χ1) is 18.1. The van der Waals surface area contributed by atoms with E-state index in [1.54, 1.807) is 0 Å². The van der Waals surface area contributed by atoms with Gasteiger partial charge >= 0.3 is 0 Å². The van der Waals surface area contributed by atoms with Gasteiger partial charge in [0.05, 0.1) is 17.1 Å². The number of anilines is 4. The van der Waals surface area contributed by atoms with Crippen molar-refractivity contribution in [1.82, 2.24) is 0 Å². The molecule has 2 aliphatic heterocycles. The SMILES string of the molecule is C=C1C2=C(C=Cc3ccccc3N2c2ccccc2)/C=C\N(c2ccc(C(=N)N)cc2)c2ccccc21. The van der Waals surface area contributed by atoms with E-state index in [-0.39, 0.29) is 5.84 Å². The molecule has 0 spiro atoms. The van der Waals surface area contributed by atoms with Crippen molar-refractivity contribution in [2.45, 2.75) is 0 Å². The summed E-state index contributed by atoms with van der Waals surface area (Å²) in [4.78, 5) is 4.47. The van der Waals surface area contributed by atoms with Gasteiger partial charge in [-0.25, -0.2) is 0 Å². The zero-order chi connectivity index (χ0) is 25.4. The summed E-state index contributed by atoms with van der Waals surface area (Å²) in [6.45, 7) is 4.66. The van der Waals surface area contributed by atoms with Gasteiger partial charge in [-0.3, -0.25) is 5.41 Å². The maximum absolute atomic E-state index is 7.75. The molecular weight excluding hydrogens is 452 g/mol. The monoisotopic (exact) mass is 478 g/mol. The van der Waals surface area contributed by atoms with Crippen LogP contribution in [0.1, 0.15) is 16.7 Å². The molecule has 0 fully saturated rings. The van der Waals surface area contributed by atoms with Crippen LogP contribution in [0.2, 0.25) is 0 Å². The van der Waals surface area contributed by atoms with Crippen LogP contribution in [0.25, 0.3) is 11.6 Å². The van der Waals surface area contributed by atoms with Crippen LogP contribution in [0.15, 0.2) is 139 Å². The number of nitrogens with one attached hydrogen (secondary N) is 1. The number of nitrogens with zero attached hydrogens (tertiary/aromatic N) is 2. The first-order valence-corrected chi connectivity index (χ1v) is 12.2. The van der Waals surface area contributed by atoms with E-state index in [4.69, 9.17) is 11.1 Å². The average Bonchev–Trinajstić information content (AvgIpc) is 3.10. The highest BCUT2D eigenvalue weighted by atomic mass is 15.2. The lowest BCUT2D eigenvalue weighted by molar-refractivity contribution is 1.18. The number of nitrogen functional groups attached to an aromatic ring is 1. The number of fused-ring (bicyclic) bond motifs is 2. The third kappa shape index (κ3) is 3.95. The van der Waals surface area contributed by atoms with Crippen LogP contribution in [-0.2, 0) is 0 Å². The minimum atomic E-state index is 0.0579. The zero-order valence-electron chi connectivity index (χ0n) is 20.3. The highest BCUT2D eigenvalue weighted by Crippen LogP contribution is 2.45. The summed E-state index contributed by atoms with van der Waals surface area (Å²) in [7, 11) is 0. The van der Waals surface area contributed by atoms with Crippen molar-refractivity contribution >= 4 is 40.2 Å². The van der Waals surface area contributed by atoms with E-state index in [9.17, 15) is 0 Å². The van der Waals surface area contributed by atoms with Gasteiger partial charge in [0.2, 0.25) is 0 Å². The van der Waals surface area contributed by atoms with Crippen LogP contribution >= 0.6 is 0 Å². The molecule has 37 heavy (non-hydrogen) atoms. The van der Waals surface area contributed by atoms with Crippen LogP contribution in [0.4, 0.5) is 22.7 Å². The lowest BCUT2D eigenvalue weighted by Gasteiger charge is -2.33. The third-order valence-electron chi connectivity index (χ3n) is 6.77. The van der Waals surface area contributed by atoms with Gasteiger partial charge in [0, 0.05) is 39.8 Å². The molecule has 0 radical (unpaired) electrons. The second kappa shape index (κ2) is 9.17. The standard InChI is InChI=1S/C33H26N4/c1-23-29-12-6-8-14-31(29)36(27-19-17-26(18-20-27)33(34)35)22-21-25-16-15-24-9-5-7-13-30(24)37(32(23)25)28-10-3-2-4-11-28/h2-22H,1H2,(H3,34,35)/b22-21-. The van der Waals surface area contributed by atoms with Gasteiger partial charge < -0.3 is 15.5 Å². The van der Waals surface area contributed by atoms with Gasteiger partial charge in [0.1, 0.15) is 5.84 Å². The second-order valence-corrected chi connectivity index (χ2v) is 9.01. The third-order valence-corrected chi connectivity index (χ3v) is 6.77. The van der Waals surface area contributed by atoms with E-state index in [1.165, 1.54) is 0 Å². The van der Waals surface area contributed by atoms with Crippen molar-refractivity contribution in [3.8, 4) is 0 Å². The highest BCUT2D eigenvalue weighted by Gasteiger charge is 2.27. The topological polar surface area (TPSA) is 56.4 Å². The molecule has 0 atom stereocenters. The molecule has 2 heterocycles. The summed E-state index contributed by atoms with van der Waals surface area (Å²) in [5, 5.41) is 7.75. The van der Waals surface area contributed by atoms with E-state index >= 15 is 0 Å². The normalized spacial score (nSPS) is 15.2. The lowest BCUT2D eigenvalue weighted by atomic mass is 9.95. The van der Waals surface area contributed by atoms with Gasteiger partial charge in [0.25, 0.3) is 0 Å². The Morgan fingerprint density at radius 3 is 2.11 bits per heavy atom. The van der Waals surface area contributed by atoms with Crippen LogP contribution in [0.5, 0.6) is 0 Å². The Labute approximate surface area is 217 Å². The minimum Gasteiger partial charge on any atom is -0.384 e. The fraction of sp³-hybridized carbons (Fsp3) is 0. The Morgan fingerprint density at radius 1 is 0.676 bits per heavy atom. The summed E-state index contributed by atoms with van der Waals surface area (Å²) in [6, 6.07) is 35.0. The molecule has 4 nitrogen and oxygen atoms in total. The van der Waals surface area contributed by atoms with E-state index in [2.05, 4.69) is 108 Å². The summed E-state index contributed by atoms with van der Waals surface area (Å²) >= 11 is 0. The quantitative estimate of drug-likeness (QED) is 0.234. The van der Waals surface area contributed by atoms with Crippen molar-refractivity contribution in [2.24, 2.45) is 5.73 Å². The van der Waals surface area contributed by atoms with Crippen molar-refractivity contribution in [2.75, 3.05) is 9.80 Å². The Kier molecular flexibility index (Phi) is 5.55. The molecule has 4 heteroatoms. The molecule has 4 aromatic carbocycles. The number of allylic oxidation sites excluding steroid dienone is 4. The number of amidine groups is 1. The number of para-hydroxylation sites is 3. The van der Waals surface area contributed by atoms with Crippen molar-refractivity contribution in [1.29, 1.82) is 5.41 Å². The van der Waals surface area contributed by atoms with E-state index < -0.39 is 0 Å². The Bertz CT molecular complexity index is 1610. The van der Waals surface area contributed by atoms with Crippen LogP contribution < -0.4 is 15.5 Å². The largest absolute Gasteiger partial charge is 0.384 e. The summed E-state index contributed by atoms with van der Waals surface area (Å²) in [6.07, 6.45) is 8.59. The summed E-state index contributed by atoms with van der Waals surface area (Å²) in [5.74, 6) is 0.0579. The molecule has 0 saturated carbocycles. The fourth-order valence-electron chi connectivity index (χ4n) is 4.96. The Hall–Kier alpha value is -5.09. The number of rotatable bonds is 3. The first-order valence-electron chi connectivity index (χ1n) is 12.2. The van der Waals surface area contributed by atoms with Gasteiger partial charge in [-0.2, -0.15) is 0 Å². The molecule has 0 saturated heterocycles. The predicted octanol–water partition coefficient (Wildman–Crippen LogP) is 7.77. The molecular formula is C33H26N4. The smallest absolute Gasteiger partial charge is 0.122 e. The fourth-order valence-corrected chi connectivity index (χ4v) is 4.96. The molecule has 3 N–H and O–H groups in total. The van der Waals surface area contributed by atoms with Gasteiger partial charge in [0.15, 0.2) is 0 Å². The molecule has 4 aromatic rings. The maximum Gasteiger partial charge on any atom is 0.122 e. The molecule has 0 unspecified atom stereocenters.